The normalized spacial score (nSPS) is 19.0. The fourth-order valence-corrected chi connectivity index (χ4v) is 3.86. The molecule has 25 heavy (non-hydrogen) atoms. The van der Waals surface area contributed by atoms with Gasteiger partial charge in [0.25, 0.3) is 5.91 Å². The van der Waals surface area contributed by atoms with E-state index < -0.39 is 6.04 Å². The summed E-state index contributed by atoms with van der Waals surface area (Å²) >= 11 is 0. The van der Waals surface area contributed by atoms with E-state index in [1.54, 1.807) is 17.2 Å². The molecule has 0 spiro atoms. The highest BCUT2D eigenvalue weighted by Crippen LogP contribution is 2.25. The third-order valence-electron chi connectivity index (χ3n) is 5.18. The summed E-state index contributed by atoms with van der Waals surface area (Å²) in [7, 11) is 0. The lowest BCUT2D eigenvalue weighted by Crippen LogP contribution is -2.45. The molecule has 1 N–H and O–H groups in total. The number of carbonyl (C=O) groups excluding carboxylic acids is 2. The highest BCUT2D eigenvalue weighted by molar-refractivity contribution is 5.98. The molecule has 1 aliphatic carbocycles. The predicted molar refractivity (Wildman–Crippen MR) is 93.1 cm³/mol. The summed E-state index contributed by atoms with van der Waals surface area (Å²) in [6, 6.07) is 9.21. The number of likely N-dealkylation sites (tertiary alicyclic amines) is 1. The van der Waals surface area contributed by atoms with Crippen molar-refractivity contribution in [3.63, 3.8) is 0 Å². The number of hydrogen-bond donors (Lipinski definition) is 1. The Bertz CT molecular complexity index is 782. The van der Waals surface area contributed by atoms with Gasteiger partial charge in [-0.15, -0.1) is 0 Å². The average molecular weight is 338 g/mol. The van der Waals surface area contributed by atoms with E-state index in [2.05, 4.69) is 11.4 Å². The first-order chi connectivity index (χ1) is 12.2. The SMILES string of the molecule is O=C(NCc1ccco1)C1CCCN1C(=O)c1ccc2c(c1)CCC2. The number of fused-ring (bicyclic) bond motifs is 1. The van der Waals surface area contributed by atoms with Gasteiger partial charge in [-0.05, 0) is 67.5 Å². The summed E-state index contributed by atoms with van der Waals surface area (Å²) in [6.45, 7) is 0.984. The first kappa shape index (κ1) is 15.9. The zero-order chi connectivity index (χ0) is 17.2. The first-order valence-corrected chi connectivity index (χ1v) is 8.95. The zero-order valence-corrected chi connectivity index (χ0v) is 14.2. The van der Waals surface area contributed by atoms with Crippen LogP contribution in [0.5, 0.6) is 0 Å². The quantitative estimate of drug-likeness (QED) is 0.932. The van der Waals surface area contributed by atoms with E-state index in [0.717, 1.165) is 25.7 Å². The van der Waals surface area contributed by atoms with Crippen molar-refractivity contribution in [3.05, 3.63) is 59.0 Å². The summed E-state index contributed by atoms with van der Waals surface area (Å²) in [5.41, 5.74) is 3.33. The molecule has 4 rings (SSSR count). The van der Waals surface area contributed by atoms with Crippen LogP contribution in [0.4, 0.5) is 0 Å². The van der Waals surface area contributed by atoms with Crippen LogP contribution in [0.25, 0.3) is 0 Å². The average Bonchev–Trinajstić information content (AvgIpc) is 3.39. The fourth-order valence-electron chi connectivity index (χ4n) is 3.86. The standard InChI is InChI=1S/C20H22N2O3/c23-19(21-13-17-6-3-11-25-17)18-7-2-10-22(18)20(24)16-9-8-14-4-1-5-15(14)12-16/h3,6,8-9,11-12,18H,1-2,4-5,7,10,13H2,(H,21,23). The molecule has 1 aromatic carbocycles. The molecule has 5 heteroatoms. The van der Waals surface area contributed by atoms with Gasteiger partial charge in [-0.3, -0.25) is 9.59 Å². The minimum Gasteiger partial charge on any atom is -0.467 e. The molecule has 1 saturated heterocycles. The molecule has 1 atom stereocenters. The smallest absolute Gasteiger partial charge is 0.254 e. The van der Waals surface area contributed by atoms with Crippen LogP contribution in [0.3, 0.4) is 0 Å². The number of hydrogen-bond acceptors (Lipinski definition) is 3. The molecule has 130 valence electrons. The van der Waals surface area contributed by atoms with Gasteiger partial charge in [0.05, 0.1) is 12.8 Å². The Morgan fingerprint density at radius 2 is 2.04 bits per heavy atom. The van der Waals surface area contributed by atoms with Crippen molar-refractivity contribution in [1.82, 2.24) is 10.2 Å². The Kier molecular flexibility index (Phi) is 4.30. The van der Waals surface area contributed by atoms with Crippen molar-refractivity contribution in [1.29, 1.82) is 0 Å². The molecule has 0 bridgehead atoms. The van der Waals surface area contributed by atoms with Gasteiger partial charge in [-0.25, -0.2) is 0 Å². The predicted octanol–water partition coefficient (Wildman–Crippen LogP) is 2.69. The Balaban J connectivity index is 1.45. The molecule has 1 fully saturated rings. The lowest BCUT2D eigenvalue weighted by atomic mass is 10.1. The van der Waals surface area contributed by atoms with Gasteiger partial charge >= 0.3 is 0 Å². The van der Waals surface area contributed by atoms with E-state index in [9.17, 15) is 9.59 Å². The maximum atomic E-state index is 12.9. The minimum atomic E-state index is -0.393. The molecular formula is C20H22N2O3. The summed E-state index contributed by atoms with van der Waals surface area (Å²) in [4.78, 5) is 27.2. The van der Waals surface area contributed by atoms with Crippen molar-refractivity contribution < 1.29 is 14.0 Å². The van der Waals surface area contributed by atoms with Gasteiger partial charge in [-0.2, -0.15) is 0 Å². The fraction of sp³-hybridized carbons (Fsp3) is 0.400. The number of nitrogens with zero attached hydrogens (tertiary/aromatic N) is 1. The van der Waals surface area contributed by atoms with E-state index in [4.69, 9.17) is 4.42 Å². The molecule has 2 aliphatic rings. The molecule has 2 heterocycles. The molecule has 2 aromatic rings. The number of benzene rings is 1. The summed E-state index contributed by atoms with van der Waals surface area (Å²) in [5, 5.41) is 2.88. The summed E-state index contributed by atoms with van der Waals surface area (Å²) in [5.74, 6) is 0.566. The van der Waals surface area contributed by atoms with Gasteiger partial charge in [0.2, 0.25) is 5.91 Å². The number of amides is 2. The molecule has 1 aromatic heterocycles. The highest BCUT2D eigenvalue weighted by Gasteiger charge is 2.34. The third kappa shape index (κ3) is 3.18. The van der Waals surface area contributed by atoms with Crippen LogP contribution in [-0.2, 0) is 24.2 Å². The van der Waals surface area contributed by atoms with Crippen LogP contribution in [0.15, 0.2) is 41.0 Å². The highest BCUT2D eigenvalue weighted by atomic mass is 16.3. The molecule has 0 radical (unpaired) electrons. The Hall–Kier alpha value is -2.56. The van der Waals surface area contributed by atoms with Crippen molar-refractivity contribution in [3.8, 4) is 0 Å². The molecular weight excluding hydrogens is 316 g/mol. The molecule has 5 nitrogen and oxygen atoms in total. The lowest BCUT2D eigenvalue weighted by molar-refractivity contribution is -0.125. The van der Waals surface area contributed by atoms with Gasteiger partial charge in [0.15, 0.2) is 0 Å². The van der Waals surface area contributed by atoms with E-state index >= 15 is 0 Å². The van der Waals surface area contributed by atoms with Crippen LogP contribution < -0.4 is 5.32 Å². The summed E-state index contributed by atoms with van der Waals surface area (Å²) in [6.07, 6.45) is 6.46. The van der Waals surface area contributed by atoms with E-state index in [1.165, 1.54) is 11.1 Å². The monoisotopic (exact) mass is 338 g/mol. The van der Waals surface area contributed by atoms with Gasteiger partial charge < -0.3 is 14.6 Å². The topological polar surface area (TPSA) is 62.6 Å². The lowest BCUT2D eigenvalue weighted by Gasteiger charge is -2.24. The number of rotatable bonds is 4. The minimum absolute atomic E-state index is 0.0367. The molecule has 0 saturated carbocycles. The van der Waals surface area contributed by atoms with Crippen LogP contribution in [0.1, 0.15) is 46.5 Å². The number of carbonyl (C=O) groups is 2. The second-order valence-electron chi connectivity index (χ2n) is 6.79. The van der Waals surface area contributed by atoms with E-state index in [-0.39, 0.29) is 11.8 Å². The summed E-state index contributed by atoms with van der Waals surface area (Å²) < 4.78 is 5.24. The van der Waals surface area contributed by atoms with Gasteiger partial charge in [0.1, 0.15) is 11.8 Å². The van der Waals surface area contributed by atoms with Crippen molar-refractivity contribution in [2.75, 3.05) is 6.54 Å². The maximum absolute atomic E-state index is 12.9. The van der Waals surface area contributed by atoms with Crippen molar-refractivity contribution >= 4 is 11.8 Å². The van der Waals surface area contributed by atoms with Gasteiger partial charge in [-0.1, -0.05) is 6.07 Å². The van der Waals surface area contributed by atoms with Crippen molar-refractivity contribution in [2.45, 2.75) is 44.7 Å². The Labute approximate surface area is 147 Å². The van der Waals surface area contributed by atoms with E-state index in [0.29, 0.717) is 30.8 Å². The zero-order valence-electron chi connectivity index (χ0n) is 14.2. The molecule has 1 unspecified atom stereocenters. The van der Waals surface area contributed by atoms with Crippen molar-refractivity contribution in [2.24, 2.45) is 0 Å². The maximum Gasteiger partial charge on any atom is 0.254 e. The van der Waals surface area contributed by atoms with E-state index in [1.807, 2.05) is 18.2 Å². The van der Waals surface area contributed by atoms with Crippen LogP contribution in [0.2, 0.25) is 0 Å². The third-order valence-corrected chi connectivity index (χ3v) is 5.18. The Morgan fingerprint density at radius 1 is 1.16 bits per heavy atom. The van der Waals surface area contributed by atoms with Crippen LogP contribution >= 0.6 is 0 Å². The largest absolute Gasteiger partial charge is 0.467 e. The van der Waals surface area contributed by atoms with Crippen LogP contribution in [-0.4, -0.2) is 29.3 Å². The second-order valence-corrected chi connectivity index (χ2v) is 6.79. The first-order valence-electron chi connectivity index (χ1n) is 8.95. The number of furan rings is 1. The Morgan fingerprint density at radius 3 is 2.88 bits per heavy atom. The molecule has 1 aliphatic heterocycles. The second kappa shape index (κ2) is 6.75. The number of aryl methyl sites for hydroxylation is 2. The molecule has 2 amide bonds. The van der Waals surface area contributed by atoms with Crippen LogP contribution in [0, 0.1) is 0 Å². The number of nitrogens with one attached hydrogen (secondary N) is 1. The van der Waals surface area contributed by atoms with Gasteiger partial charge in [0, 0.05) is 12.1 Å².